The van der Waals surface area contributed by atoms with Crippen LogP contribution in [0.1, 0.15) is 19.3 Å². The zero-order valence-electron chi connectivity index (χ0n) is 5.39. The molecule has 1 rings (SSSR count). The highest BCUT2D eigenvalue weighted by atomic mass is 16.5. The van der Waals surface area contributed by atoms with Gasteiger partial charge in [-0.25, -0.2) is 0 Å². The van der Waals surface area contributed by atoms with E-state index in [2.05, 4.69) is 6.92 Å². The maximum absolute atomic E-state index is 5.16. The molecule has 47 valence electrons. The molecule has 2 unspecified atom stereocenters. The SMILES string of the molecule is [CH2]C1CCCC1OC. The Labute approximate surface area is 51.0 Å². The molecule has 1 aliphatic carbocycles. The molecule has 0 aromatic carbocycles. The second kappa shape index (κ2) is 2.49. The van der Waals surface area contributed by atoms with E-state index >= 15 is 0 Å². The number of ether oxygens (including phenoxy) is 1. The molecule has 0 bridgehead atoms. The topological polar surface area (TPSA) is 9.23 Å². The summed E-state index contributed by atoms with van der Waals surface area (Å²) < 4.78 is 5.16. The summed E-state index contributed by atoms with van der Waals surface area (Å²) in [6, 6.07) is 0. The van der Waals surface area contributed by atoms with Crippen molar-refractivity contribution in [2.24, 2.45) is 5.92 Å². The molecule has 0 spiro atoms. The van der Waals surface area contributed by atoms with E-state index in [1.807, 2.05) is 0 Å². The minimum absolute atomic E-state index is 0.454. The molecule has 0 aromatic rings. The van der Waals surface area contributed by atoms with Crippen LogP contribution < -0.4 is 0 Å². The van der Waals surface area contributed by atoms with E-state index in [9.17, 15) is 0 Å². The van der Waals surface area contributed by atoms with Crippen molar-refractivity contribution in [2.75, 3.05) is 7.11 Å². The summed E-state index contributed by atoms with van der Waals surface area (Å²) in [5.41, 5.74) is 0. The van der Waals surface area contributed by atoms with Gasteiger partial charge in [-0.15, -0.1) is 0 Å². The Hall–Kier alpha value is -0.0400. The van der Waals surface area contributed by atoms with E-state index in [0.717, 1.165) is 0 Å². The predicted molar refractivity (Wildman–Crippen MR) is 33.5 cm³/mol. The standard InChI is InChI=1S/C7H13O/c1-6-4-3-5-7(6)8-2/h6-7H,1,3-5H2,2H3. The third-order valence-electron chi connectivity index (χ3n) is 1.89. The predicted octanol–water partition coefficient (Wildman–Crippen LogP) is 1.64. The lowest BCUT2D eigenvalue weighted by Crippen LogP contribution is -2.12. The normalized spacial score (nSPS) is 38.2. The largest absolute Gasteiger partial charge is 0.381 e. The molecule has 0 N–H and O–H groups in total. The van der Waals surface area contributed by atoms with Gasteiger partial charge in [-0.3, -0.25) is 0 Å². The first-order valence-electron chi connectivity index (χ1n) is 3.20. The summed E-state index contributed by atoms with van der Waals surface area (Å²) in [7, 11) is 1.77. The van der Waals surface area contributed by atoms with E-state index in [1.54, 1.807) is 7.11 Å². The van der Waals surface area contributed by atoms with Crippen molar-refractivity contribution in [1.82, 2.24) is 0 Å². The Bertz CT molecular complexity index is 70.8. The average Bonchev–Trinajstić information content (AvgIpc) is 2.14. The van der Waals surface area contributed by atoms with Gasteiger partial charge in [0.05, 0.1) is 6.10 Å². The van der Waals surface area contributed by atoms with Crippen molar-refractivity contribution in [3.63, 3.8) is 0 Å². The van der Waals surface area contributed by atoms with Crippen LogP contribution in [0.4, 0.5) is 0 Å². The molecular weight excluding hydrogens is 100 g/mol. The lowest BCUT2D eigenvalue weighted by Gasteiger charge is -2.11. The molecule has 1 saturated carbocycles. The van der Waals surface area contributed by atoms with Gasteiger partial charge in [0, 0.05) is 7.11 Å². The second-order valence-corrected chi connectivity index (χ2v) is 2.47. The Morgan fingerprint density at radius 1 is 1.50 bits per heavy atom. The molecule has 0 amide bonds. The van der Waals surface area contributed by atoms with E-state index in [1.165, 1.54) is 19.3 Å². The Balaban J connectivity index is 2.30. The summed E-state index contributed by atoms with van der Waals surface area (Å²) in [5, 5.41) is 0. The van der Waals surface area contributed by atoms with Crippen LogP contribution in [0.3, 0.4) is 0 Å². The highest BCUT2D eigenvalue weighted by molar-refractivity contribution is 4.78. The van der Waals surface area contributed by atoms with Gasteiger partial charge in [0.2, 0.25) is 0 Å². The van der Waals surface area contributed by atoms with Crippen molar-refractivity contribution < 1.29 is 4.74 Å². The average molecular weight is 113 g/mol. The van der Waals surface area contributed by atoms with Gasteiger partial charge < -0.3 is 4.74 Å². The summed E-state index contributed by atoms with van der Waals surface area (Å²) in [4.78, 5) is 0. The smallest absolute Gasteiger partial charge is 0.0599 e. The van der Waals surface area contributed by atoms with Crippen molar-refractivity contribution in [3.05, 3.63) is 6.92 Å². The van der Waals surface area contributed by atoms with Crippen LogP contribution in [-0.2, 0) is 4.74 Å². The van der Waals surface area contributed by atoms with Gasteiger partial charge in [0.25, 0.3) is 0 Å². The van der Waals surface area contributed by atoms with E-state index in [0.29, 0.717) is 12.0 Å². The van der Waals surface area contributed by atoms with Gasteiger partial charge in [0.15, 0.2) is 0 Å². The van der Waals surface area contributed by atoms with Crippen LogP contribution in [0.2, 0.25) is 0 Å². The third kappa shape index (κ3) is 1.03. The fourth-order valence-corrected chi connectivity index (χ4v) is 1.31. The molecule has 1 heteroatoms. The molecule has 1 nitrogen and oxygen atoms in total. The Morgan fingerprint density at radius 3 is 2.50 bits per heavy atom. The van der Waals surface area contributed by atoms with Gasteiger partial charge in [-0.1, -0.05) is 6.42 Å². The molecule has 1 radical (unpaired) electrons. The van der Waals surface area contributed by atoms with Gasteiger partial charge in [0.1, 0.15) is 0 Å². The summed E-state index contributed by atoms with van der Waals surface area (Å²) in [6.45, 7) is 3.96. The Morgan fingerprint density at radius 2 is 2.25 bits per heavy atom. The zero-order valence-corrected chi connectivity index (χ0v) is 5.39. The third-order valence-corrected chi connectivity index (χ3v) is 1.89. The summed E-state index contributed by atoms with van der Waals surface area (Å²) >= 11 is 0. The van der Waals surface area contributed by atoms with Crippen LogP contribution in [0.15, 0.2) is 0 Å². The van der Waals surface area contributed by atoms with Crippen molar-refractivity contribution in [2.45, 2.75) is 25.4 Å². The van der Waals surface area contributed by atoms with Crippen LogP contribution >= 0.6 is 0 Å². The fourth-order valence-electron chi connectivity index (χ4n) is 1.31. The van der Waals surface area contributed by atoms with Gasteiger partial charge in [-0.2, -0.15) is 0 Å². The minimum atomic E-state index is 0.454. The molecular formula is C7H13O. The van der Waals surface area contributed by atoms with Gasteiger partial charge >= 0.3 is 0 Å². The minimum Gasteiger partial charge on any atom is -0.381 e. The maximum Gasteiger partial charge on any atom is 0.0599 e. The maximum atomic E-state index is 5.16. The lowest BCUT2D eigenvalue weighted by atomic mass is 10.1. The molecule has 0 heterocycles. The monoisotopic (exact) mass is 113 g/mol. The summed E-state index contributed by atoms with van der Waals surface area (Å²) in [6.07, 6.45) is 4.21. The second-order valence-electron chi connectivity index (χ2n) is 2.47. The first-order chi connectivity index (χ1) is 3.84. The van der Waals surface area contributed by atoms with Crippen LogP contribution in [0, 0.1) is 12.8 Å². The molecule has 0 saturated heterocycles. The van der Waals surface area contributed by atoms with E-state index < -0.39 is 0 Å². The first kappa shape index (κ1) is 6.09. The number of rotatable bonds is 1. The number of hydrogen-bond donors (Lipinski definition) is 0. The van der Waals surface area contributed by atoms with Crippen LogP contribution in [0.25, 0.3) is 0 Å². The van der Waals surface area contributed by atoms with Crippen LogP contribution in [-0.4, -0.2) is 13.2 Å². The molecule has 0 aliphatic heterocycles. The van der Waals surface area contributed by atoms with E-state index in [4.69, 9.17) is 4.74 Å². The Kier molecular flexibility index (Phi) is 1.90. The van der Waals surface area contributed by atoms with Crippen molar-refractivity contribution in [3.8, 4) is 0 Å². The van der Waals surface area contributed by atoms with Crippen molar-refractivity contribution in [1.29, 1.82) is 0 Å². The zero-order chi connectivity index (χ0) is 5.98. The number of methoxy groups -OCH3 is 1. The van der Waals surface area contributed by atoms with Gasteiger partial charge in [-0.05, 0) is 25.7 Å². The summed E-state index contributed by atoms with van der Waals surface area (Å²) in [5.74, 6) is 0.556. The van der Waals surface area contributed by atoms with Crippen LogP contribution in [0.5, 0.6) is 0 Å². The highest BCUT2D eigenvalue weighted by Crippen LogP contribution is 2.26. The fraction of sp³-hybridized carbons (Fsp3) is 0.857. The molecule has 1 aliphatic rings. The van der Waals surface area contributed by atoms with E-state index in [-0.39, 0.29) is 0 Å². The van der Waals surface area contributed by atoms with Crippen molar-refractivity contribution >= 4 is 0 Å². The lowest BCUT2D eigenvalue weighted by molar-refractivity contribution is 0.0853. The quantitative estimate of drug-likeness (QED) is 0.502. The first-order valence-corrected chi connectivity index (χ1v) is 3.20. The molecule has 0 aromatic heterocycles. The molecule has 8 heavy (non-hydrogen) atoms. The molecule has 2 atom stereocenters. The highest BCUT2D eigenvalue weighted by Gasteiger charge is 2.22. The molecule has 1 fully saturated rings. The number of hydrogen-bond acceptors (Lipinski definition) is 1.